The monoisotopic (exact) mass is 231 g/mol. The Morgan fingerprint density at radius 3 is 3.12 bits per heavy atom. The third-order valence-corrected chi connectivity index (χ3v) is 2.81. The average Bonchev–Trinajstić information content (AvgIpc) is 3.04. The summed E-state index contributed by atoms with van der Waals surface area (Å²) in [6.45, 7) is 0.525. The van der Waals surface area contributed by atoms with Crippen LogP contribution in [0.4, 0.5) is 5.82 Å². The molecule has 0 spiro atoms. The van der Waals surface area contributed by atoms with Gasteiger partial charge in [-0.15, -0.1) is 0 Å². The number of imidazole rings is 1. The normalized spacial score (nSPS) is 14.8. The van der Waals surface area contributed by atoms with E-state index in [1.54, 1.807) is 29.5 Å². The second kappa shape index (κ2) is 4.04. The molecule has 1 aliphatic rings. The zero-order valence-corrected chi connectivity index (χ0v) is 9.26. The Balaban J connectivity index is 1.78. The Kier molecular flexibility index (Phi) is 2.40. The molecule has 2 aromatic heterocycles. The zero-order valence-electron chi connectivity index (χ0n) is 9.26. The van der Waals surface area contributed by atoms with E-state index in [9.17, 15) is 4.79 Å². The topological polar surface area (TPSA) is 75.6 Å². The molecule has 6 nitrogen and oxygen atoms in total. The van der Waals surface area contributed by atoms with Crippen molar-refractivity contribution < 1.29 is 0 Å². The van der Waals surface area contributed by atoms with Crippen LogP contribution in [0.15, 0.2) is 29.7 Å². The summed E-state index contributed by atoms with van der Waals surface area (Å²) in [7, 11) is 0. The van der Waals surface area contributed by atoms with Crippen LogP contribution in [0.5, 0.6) is 0 Å². The Morgan fingerprint density at radius 1 is 1.53 bits per heavy atom. The molecule has 2 aromatic rings. The first-order valence-electron chi connectivity index (χ1n) is 5.63. The van der Waals surface area contributed by atoms with Crippen molar-refractivity contribution in [3.05, 3.63) is 41.0 Å². The van der Waals surface area contributed by atoms with Crippen molar-refractivity contribution in [2.24, 2.45) is 0 Å². The number of anilines is 1. The summed E-state index contributed by atoms with van der Waals surface area (Å²) in [5.41, 5.74) is 0.877. The third kappa shape index (κ3) is 2.06. The molecule has 0 radical (unpaired) electrons. The Bertz CT molecular complexity index is 555. The fourth-order valence-corrected chi connectivity index (χ4v) is 1.75. The number of H-pyrrole nitrogens is 1. The molecular formula is C11H13N5O. The highest BCUT2D eigenvalue weighted by atomic mass is 16.1. The van der Waals surface area contributed by atoms with Gasteiger partial charge >= 0.3 is 0 Å². The lowest BCUT2D eigenvalue weighted by atomic mass is 10.4. The van der Waals surface area contributed by atoms with E-state index in [-0.39, 0.29) is 5.56 Å². The van der Waals surface area contributed by atoms with Gasteiger partial charge in [0, 0.05) is 24.6 Å². The van der Waals surface area contributed by atoms with Gasteiger partial charge in [-0.25, -0.2) is 9.97 Å². The van der Waals surface area contributed by atoms with Crippen molar-refractivity contribution in [1.29, 1.82) is 0 Å². The van der Waals surface area contributed by atoms with Crippen LogP contribution >= 0.6 is 0 Å². The van der Waals surface area contributed by atoms with E-state index in [4.69, 9.17) is 0 Å². The van der Waals surface area contributed by atoms with Crippen molar-refractivity contribution in [1.82, 2.24) is 19.5 Å². The highest BCUT2D eigenvalue weighted by Crippen LogP contribution is 2.33. The Morgan fingerprint density at radius 2 is 2.41 bits per heavy atom. The summed E-state index contributed by atoms with van der Waals surface area (Å²) in [4.78, 5) is 23.0. The van der Waals surface area contributed by atoms with Gasteiger partial charge in [0.1, 0.15) is 0 Å². The molecule has 2 N–H and O–H groups in total. The number of rotatable bonds is 4. The molecule has 0 amide bonds. The molecule has 17 heavy (non-hydrogen) atoms. The second-order valence-electron chi connectivity index (χ2n) is 4.15. The quantitative estimate of drug-likeness (QED) is 0.820. The van der Waals surface area contributed by atoms with E-state index >= 15 is 0 Å². The van der Waals surface area contributed by atoms with Crippen LogP contribution in [0.1, 0.15) is 24.6 Å². The summed E-state index contributed by atoms with van der Waals surface area (Å²) in [5, 5.41) is 3.02. The SMILES string of the molecule is O=c1c(NCc2cnc[nH]2)nccn1C1CC1. The Hall–Kier alpha value is -2.11. The highest BCUT2D eigenvalue weighted by molar-refractivity contribution is 5.31. The number of aromatic amines is 1. The van der Waals surface area contributed by atoms with Crippen LogP contribution in [0.25, 0.3) is 0 Å². The maximum atomic E-state index is 12.0. The molecule has 3 rings (SSSR count). The maximum Gasteiger partial charge on any atom is 0.293 e. The van der Waals surface area contributed by atoms with Crippen molar-refractivity contribution in [3.63, 3.8) is 0 Å². The molecule has 0 unspecified atom stereocenters. The number of hydrogen-bond donors (Lipinski definition) is 2. The minimum absolute atomic E-state index is 0.0467. The van der Waals surface area contributed by atoms with E-state index in [1.807, 2.05) is 0 Å². The molecule has 88 valence electrons. The van der Waals surface area contributed by atoms with Gasteiger partial charge < -0.3 is 14.9 Å². The van der Waals surface area contributed by atoms with Gasteiger partial charge in [-0.1, -0.05) is 0 Å². The first kappa shape index (κ1) is 10.1. The lowest BCUT2D eigenvalue weighted by molar-refractivity contribution is 0.699. The van der Waals surface area contributed by atoms with E-state index in [0.717, 1.165) is 18.5 Å². The lowest BCUT2D eigenvalue weighted by Crippen LogP contribution is -2.23. The van der Waals surface area contributed by atoms with Crippen LogP contribution in [-0.2, 0) is 6.54 Å². The maximum absolute atomic E-state index is 12.0. The van der Waals surface area contributed by atoms with Gasteiger partial charge in [0.05, 0.1) is 18.6 Å². The summed E-state index contributed by atoms with van der Waals surface area (Å²) in [6, 6.07) is 0.373. The standard InChI is InChI=1S/C11H13N5O/c17-11-10(14-6-8-5-12-7-15-8)13-3-4-16(11)9-1-2-9/h3-5,7,9H,1-2,6H2,(H,12,15)(H,13,14). The van der Waals surface area contributed by atoms with E-state index < -0.39 is 0 Å². The van der Waals surface area contributed by atoms with Crippen LogP contribution in [0, 0.1) is 0 Å². The summed E-state index contributed by atoms with van der Waals surface area (Å²) in [5.74, 6) is 0.397. The summed E-state index contributed by atoms with van der Waals surface area (Å²) in [6.07, 6.45) is 8.91. The van der Waals surface area contributed by atoms with Crippen LogP contribution in [-0.4, -0.2) is 19.5 Å². The number of hydrogen-bond acceptors (Lipinski definition) is 4. The second-order valence-corrected chi connectivity index (χ2v) is 4.15. The molecule has 0 bridgehead atoms. The first-order chi connectivity index (χ1) is 8.34. The van der Waals surface area contributed by atoms with Crippen LogP contribution < -0.4 is 10.9 Å². The fraction of sp³-hybridized carbons (Fsp3) is 0.364. The van der Waals surface area contributed by atoms with Gasteiger partial charge in [0.2, 0.25) is 0 Å². The highest BCUT2D eigenvalue weighted by Gasteiger charge is 2.25. The molecular weight excluding hydrogens is 218 g/mol. The molecule has 6 heteroatoms. The minimum atomic E-state index is -0.0467. The molecule has 0 atom stereocenters. The van der Waals surface area contributed by atoms with Crippen molar-refractivity contribution in [2.45, 2.75) is 25.4 Å². The lowest BCUT2D eigenvalue weighted by Gasteiger charge is -2.06. The van der Waals surface area contributed by atoms with E-state index in [2.05, 4.69) is 20.3 Å². The van der Waals surface area contributed by atoms with Gasteiger partial charge in [-0.3, -0.25) is 4.79 Å². The van der Waals surface area contributed by atoms with Gasteiger partial charge in [0.25, 0.3) is 5.56 Å². The third-order valence-electron chi connectivity index (χ3n) is 2.81. The minimum Gasteiger partial charge on any atom is -0.360 e. The largest absolute Gasteiger partial charge is 0.360 e. The van der Waals surface area contributed by atoms with Crippen LogP contribution in [0.2, 0.25) is 0 Å². The number of nitrogens with zero attached hydrogens (tertiary/aromatic N) is 3. The molecule has 1 saturated carbocycles. The summed E-state index contributed by atoms with van der Waals surface area (Å²) < 4.78 is 1.75. The van der Waals surface area contributed by atoms with Crippen molar-refractivity contribution in [2.75, 3.05) is 5.32 Å². The molecule has 1 fully saturated rings. The molecule has 0 saturated heterocycles. The zero-order chi connectivity index (χ0) is 11.7. The van der Waals surface area contributed by atoms with Crippen molar-refractivity contribution >= 4 is 5.82 Å². The van der Waals surface area contributed by atoms with Crippen LogP contribution in [0.3, 0.4) is 0 Å². The Labute approximate surface area is 97.7 Å². The molecule has 0 aromatic carbocycles. The molecule has 0 aliphatic heterocycles. The predicted octanol–water partition coefficient (Wildman–Crippen LogP) is 0.913. The molecule has 1 aliphatic carbocycles. The van der Waals surface area contributed by atoms with Gasteiger partial charge in [-0.2, -0.15) is 0 Å². The van der Waals surface area contributed by atoms with E-state index in [0.29, 0.717) is 18.4 Å². The number of aromatic nitrogens is 4. The van der Waals surface area contributed by atoms with Gasteiger partial charge in [0.15, 0.2) is 5.82 Å². The number of nitrogens with one attached hydrogen (secondary N) is 2. The smallest absolute Gasteiger partial charge is 0.293 e. The summed E-state index contributed by atoms with van der Waals surface area (Å²) >= 11 is 0. The van der Waals surface area contributed by atoms with Crippen molar-refractivity contribution in [3.8, 4) is 0 Å². The predicted molar refractivity (Wildman–Crippen MR) is 62.7 cm³/mol. The molecule has 2 heterocycles. The van der Waals surface area contributed by atoms with Gasteiger partial charge in [-0.05, 0) is 12.8 Å². The first-order valence-corrected chi connectivity index (χ1v) is 5.63. The fourth-order valence-electron chi connectivity index (χ4n) is 1.75. The van der Waals surface area contributed by atoms with E-state index in [1.165, 1.54) is 0 Å². The average molecular weight is 231 g/mol.